The molecule has 0 saturated heterocycles. The number of rotatable bonds is 3. The molecule has 7 nitrogen and oxygen atoms in total. The molecule has 0 bridgehead atoms. The molecule has 1 heterocycles. The number of carbonyl (C=O) groups is 3. The van der Waals surface area contributed by atoms with Crippen LogP contribution in [0.3, 0.4) is 0 Å². The van der Waals surface area contributed by atoms with Crippen LogP contribution in [0.1, 0.15) is 22.0 Å². The van der Waals surface area contributed by atoms with Crippen molar-refractivity contribution in [2.45, 2.75) is 12.2 Å². The quantitative estimate of drug-likeness (QED) is 0.526. The van der Waals surface area contributed by atoms with Gasteiger partial charge >= 0.3 is 5.97 Å². The predicted molar refractivity (Wildman–Crippen MR) is 58.0 cm³/mol. The number of fused-ring (bicyclic) bond motifs is 1. The van der Waals surface area contributed by atoms with Crippen LogP contribution in [0.5, 0.6) is 0 Å². The van der Waals surface area contributed by atoms with Gasteiger partial charge in [-0.05, 0) is 17.7 Å². The summed E-state index contributed by atoms with van der Waals surface area (Å²) in [6, 6.07) is 3.84. The number of carboxylic acid groups (broad SMARTS) is 1. The number of carboxylic acids is 1. The van der Waals surface area contributed by atoms with Crippen molar-refractivity contribution in [1.29, 1.82) is 0 Å². The van der Waals surface area contributed by atoms with Crippen LogP contribution in [0.4, 0.5) is 5.69 Å². The Bertz CT molecular complexity index is 552. The highest BCUT2D eigenvalue weighted by Crippen LogP contribution is 2.28. The van der Waals surface area contributed by atoms with Crippen LogP contribution in [0.25, 0.3) is 0 Å². The molecule has 1 aliphatic rings. The highest BCUT2D eigenvalue weighted by Gasteiger charge is 2.30. The molecule has 0 aromatic heterocycles. The van der Waals surface area contributed by atoms with Crippen molar-refractivity contribution < 1.29 is 29.7 Å². The molecule has 4 N–H and O–H groups in total. The Morgan fingerprint density at radius 3 is 2.50 bits per heavy atom. The third kappa shape index (κ3) is 1.85. The smallest absolute Gasteiger partial charge is 0.335 e. The van der Waals surface area contributed by atoms with E-state index in [1.54, 1.807) is 0 Å². The second-order valence-electron chi connectivity index (χ2n) is 3.82. The lowest BCUT2D eigenvalue weighted by Gasteiger charge is -2.14. The molecule has 2 unspecified atom stereocenters. The van der Waals surface area contributed by atoms with Gasteiger partial charge in [-0.3, -0.25) is 9.59 Å². The largest absolute Gasteiger partial charge is 0.479 e. The zero-order valence-corrected chi connectivity index (χ0v) is 8.95. The van der Waals surface area contributed by atoms with Gasteiger partial charge < -0.3 is 20.6 Å². The van der Waals surface area contributed by atoms with E-state index in [0.717, 1.165) is 0 Å². The van der Waals surface area contributed by atoms with Crippen LogP contribution in [-0.4, -0.2) is 39.1 Å². The van der Waals surface area contributed by atoms with Crippen LogP contribution < -0.4 is 5.32 Å². The third-order valence-corrected chi connectivity index (χ3v) is 2.64. The Morgan fingerprint density at radius 2 is 1.89 bits per heavy atom. The van der Waals surface area contributed by atoms with Gasteiger partial charge in [-0.1, -0.05) is 6.07 Å². The SMILES string of the molecule is O=C1Nc2cc(C(O)C(O)C(=O)O)ccc2C1=O. The normalized spacial score (nSPS) is 17.0. The Labute approximate surface area is 101 Å². The number of anilines is 1. The maximum Gasteiger partial charge on any atom is 0.335 e. The zero-order chi connectivity index (χ0) is 13.4. The van der Waals surface area contributed by atoms with Crippen LogP contribution in [0.15, 0.2) is 18.2 Å². The lowest BCUT2D eigenvalue weighted by molar-refractivity contribution is -0.153. The number of aliphatic hydroxyl groups is 2. The second kappa shape index (κ2) is 4.21. The van der Waals surface area contributed by atoms with E-state index in [1.165, 1.54) is 18.2 Å². The molecular formula is C11H9NO6. The summed E-state index contributed by atoms with van der Waals surface area (Å²) in [5.41, 5.74) is 0.443. The molecule has 2 atom stereocenters. The van der Waals surface area contributed by atoms with E-state index in [2.05, 4.69) is 5.32 Å². The summed E-state index contributed by atoms with van der Waals surface area (Å²) in [6.07, 6.45) is -3.61. The highest BCUT2D eigenvalue weighted by atomic mass is 16.4. The molecule has 1 aliphatic heterocycles. The van der Waals surface area contributed by atoms with Crippen LogP contribution in [-0.2, 0) is 9.59 Å². The zero-order valence-electron chi connectivity index (χ0n) is 8.95. The number of aliphatic carboxylic acids is 1. The number of hydrogen-bond acceptors (Lipinski definition) is 5. The molecule has 0 spiro atoms. The number of benzene rings is 1. The molecule has 1 aromatic rings. The fourth-order valence-corrected chi connectivity index (χ4v) is 1.67. The van der Waals surface area contributed by atoms with Crippen molar-refractivity contribution in [2.75, 3.05) is 5.32 Å². The molecule has 0 aliphatic carbocycles. The van der Waals surface area contributed by atoms with Gasteiger partial charge in [0.1, 0.15) is 6.10 Å². The number of amides is 1. The fraction of sp³-hybridized carbons (Fsp3) is 0.182. The van der Waals surface area contributed by atoms with Crippen molar-refractivity contribution in [2.24, 2.45) is 0 Å². The van der Waals surface area contributed by atoms with Crippen molar-refractivity contribution in [3.8, 4) is 0 Å². The maximum atomic E-state index is 11.3. The number of nitrogens with one attached hydrogen (secondary N) is 1. The van der Waals surface area contributed by atoms with Crippen LogP contribution in [0.2, 0.25) is 0 Å². The monoisotopic (exact) mass is 251 g/mol. The molecule has 18 heavy (non-hydrogen) atoms. The van der Waals surface area contributed by atoms with Crippen molar-refractivity contribution in [3.05, 3.63) is 29.3 Å². The van der Waals surface area contributed by atoms with E-state index in [1.807, 2.05) is 0 Å². The topological polar surface area (TPSA) is 124 Å². The molecule has 0 fully saturated rings. The van der Waals surface area contributed by atoms with Gasteiger partial charge in [-0.15, -0.1) is 0 Å². The van der Waals surface area contributed by atoms with Crippen LogP contribution in [0, 0.1) is 0 Å². The molecule has 0 radical (unpaired) electrons. The summed E-state index contributed by atoms with van der Waals surface area (Å²) in [6.45, 7) is 0. The van der Waals surface area contributed by atoms with E-state index in [9.17, 15) is 24.6 Å². The number of aliphatic hydroxyl groups excluding tert-OH is 2. The Balaban J connectivity index is 2.34. The molecule has 94 valence electrons. The Hall–Kier alpha value is -2.25. The van der Waals surface area contributed by atoms with E-state index < -0.39 is 29.9 Å². The van der Waals surface area contributed by atoms with Gasteiger partial charge in [0.25, 0.3) is 11.7 Å². The summed E-state index contributed by atoms with van der Waals surface area (Å²) in [5, 5.41) is 29.6. The molecule has 2 rings (SSSR count). The summed E-state index contributed by atoms with van der Waals surface area (Å²) in [4.78, 5) is 32.9. The fourth-order valence-electron chi connectivity index (χ4n) is 1.67. The Morgan fingerprint density at radius 1 is 1.22 bits per heavy atom. The minimum Gasteiger partial charge on any atom is -0.479 e. The van der Waals surface area contributed by atoms with Crippen molar-refractivity contribution in [3.63, 3.8) is 0 Å². The van der Waals surface area contributed by atoms with Gasteiger partial charge in [0.15, 0.2) is 6.10 Å². The van der Waals surface area contributed by atoms with Gasteiger partial charge in [-0.25, -0.2) is 4.79 Å². The first-order valence-corrected chi connectivity index (χ1v) is 5.00. The van der Waals surface area contributed by atoms with E-state index in [0.29, 0.717) is 0 Å². The summed E-state index contributed by atoms with van der Waals surface area (Å²) in [5.74, 6) is -3.04. The lowest BCUT2D eigenvalue weighted by atomic mass is 10.0. The second-order valence-corrected chi connectivity index (χ2v) is 3.82. The minimum absolute atomic E-state index is 0.0960. The average Bonchev–Trinajstić information content (AvgIpc) is 2.62. The van der Waals surface area contributed by atoms with Gasteiger partial charge in [0, 0.05) is 0 Å². The molecule has 7 heteroatoms. The predicted octanol–water partition coefficient (Wildman–Crippen LogP) is -0.700. The first kappa shape index (κ1) is 12.2. The minimum atomic E-state index is -1.98. The third-order valence-electron chi connectivity index (χ3n) is 2.64. The molecular weight excluding hydrogens is 242 g/mol. The molecule has 0 saturated carbocycles. The number of carbonyl (C=O) groups excluding carboxylic acids is 2. The lowest BCUT2D eigenvalue weighted by Crippen LogP contribution is -2.27. The Kier molecular flexibility index (Phi) is 2.85. The van der Waals surface area contributed by atoms with Gasteiger partial charge in [0.05, 0.1) is 11.3 Å². The molecule has 1 aromatic carbocycles. The summed E-state index contributed by atoms with van der Waals surface area (Å²) in [7, 11) is 0. The number of ketones is 1. The van der Waals surface area contributed by atoms with Crippen molar-refractivity contribution >= 4 is 23.3 Å². The first-order valence-electron chi connectivity index (χ1n) is 5.00. The molecule has 1 amide bonds. The van der Waals surface area contributed by atoms with E-state index in [-0.39, 0.29) is 16.8 Å². The van der Waals surface area contributed by atoms with E-state index in [4.69, 9.17) is 5.11 Å². The van der Waals surface area contributed by atoms with Gasteiger partial charge in [-0.2, -0.15) is 0 Å². The summed E-state index contributed by atoms with van der Waals surface area (Å²) >= 11 is 0. The van der Waals surface area contributed by atoms with Gasteiger partial charge in [0.2, 0.25) is 0 Å². The maximum absolute atomic E-state index is 11.3. The number of Topliss-reactive ketones (excluding diaryl/α,β-unsaturated/α-hetero) is 1. The van der Waals surface area contributed by atoms with E-state index >= 15 is 0 Å². The average molecular weight is 251 g/mol. The van der Waals surface area contributed by atoms with Crippen molar-refractivity contribution in [1.82, 2.24) is 0 Å². The highest BCUT2D eigenvalue weighted by molar-refractivity contribution is 6.51. The van der Waals surface area contributed by atoms with Crippen LogP contribution >= 0.6 is 0 Å². The standard InChI is InChI=1S/C11H9NO6/c13-7(9(15)11(17)18)4-1-2-5-6(3-4)12-10(16)8(5)14/h1-3,7,9,13,15H,(H,17,18)(H,12,14,16). The summed E-state index contributed by atoms with van der Waals surface area (Å²) < 4.78 is 0. The first-order chi connectivity index (χ1) is 8.41. The number of hydrogen-bond donors (Lipinski definition) is 4.